The summed E-state index contributed by atoms with van der Waals surface area (Å²) in [5.41, 5.74) is 5.48. The molecule has 0 spiro atoms. The maximum atomic E-state index is 10.7. The van der Waals surface area contributed by atoms with Crippen LogP contribution in [-0.2, 0) is 17.9 Å². The summed E-state index contributed by atoms with van der Waals surface area (Å²) in [6.07, 6.45) is 0. The SMILES string of the molecule is CCn1c(CN)nnc1SC(C)C(=O)O. The van der Waals surface area contributed by atoms with Crippen molar-refractivity contribution >= 4 is 17.7 Å². The van der Waals surface area contributed by atoms with E-state index in [1.165, 1.54) is 11.8 Å². The molecule has 6 nitrogen and oxygen atoms in total. The van der Waals surface area contributed by atoms with Gasteiger partial charge in [-0.3, -0.25) is 4.79 Å². The number of hydrogen-bond acceptors (Lipinski definition) is 5. The molecule has 7 heteroatoms. The Hall–Kier alpha value is -1.08. The van der Waals surface area contributed by atoms with Gasteiger partial charge in [0.2, 0.25) is 0 Å². The average molecular weight is 230 g/mol. The molecule has 0 bridgehead atoms. The van der Waals surface area contributed by atoms with Crippen LogP contribution in [0.1, 0.15) is 19.7 Å². The van der Waals surface area contributed by atoms with Crippen LogP contribution in [0.5, 0.6) is 0 Å². The van der Waals surface area contributed by atoms with E-state index in [1.54, 1.807) is 6.92 Å². The number of carbonyl (C=O) groups is 1. The third-order valence-electron chi connectivity index (χ3n) is 1.92. The van der Waals surface area contributed by atoms with E-state index >= 15 is 0 Å². The van der Waals surface area contributed by atoms with Gasteiger partial charge in [-0.25, -0.2) is 0 Å². The molecule has 1 aromatic rings. The Labute approximate surface area is 91.9 Å². The zero-order chi connectivity index (χ0) is 11.4. The molecule has 1 atom stereocenters. The lowest BCUT2D eigenvalue weighted by molar-refractivity contribution is -0.136. The number of rotatable bonds is 5. The molecule has 0 fully saturated rings. The van der Waals surface area contributed by atoms with E-state index in [9.17, 15) is 4.79 Å². The van der Waals surface area contributed by atoms with Crippen molar-refractivity contribution in [1.82, 2.24) is 14.8 Å². The lowest BCUT2D eigenvalue weighted by Gasteiger charge is -2.07. The second-order valence-corrected chi connectivity index (χ2v) is 4.25. The van der Waals surface area contributed by atoms with Crippen LogP contribution >= 0.6 is 11.8 Å². The van der Waals surface area contributed by atoms with Crippen LogP contribution in [-0.4, -0.2) is 31.1 Å². The zero-order valence-corrected chi connectivity index (χ0v) is 9.49. The molecule has 1 heterocycles. The second-order valence-electron chi connectivity index (χ2n) is 2.95. The van der Waals surface area contributed by atoms with Crippen LogP contribution in [0.3, 0.4) is 0 Å². The Bertz CT molecular complexity index is 352. The Morgan fingerprint density at radius 2 is 2.33 bits per heavy atom. The van der Waals surface area contributed by atoms with Gasteiger partial charge in [-0.15, -0.1) is 10.2 Å². The highest BCUT2D eigenvalue weighted by Crippen LogP contribution is 2.22. The molecule has 1 aromatic heterocycles. The van der Waals surface area contributed by atoms with E-state index in [-0.39, 0.29) is 0 Å². The maximum Gasteiger partial charge on any atom is 0.316 e. The molecule has 0 saturated carbocycles. The van der Waals surface area contributed by atoms with Crippen molar-refractivity contribution in [2.24, 2.45) is 5.73 Å². The molecule has 84 valence electrons. The molecule has 0 amide bonds. The Morgan fingerprint density at radius 3 is 2.80 bits per heavy atom. The highest BCUT2D eigenvalue weighted by molar-refractivity contribution is 8.00. The van der Waals surface area contributed by atoms with Gasteiger partial charge in [-0.1, -0.05) is 11.8 Å². The quantitative estimate of drug-likeness (QED) is 0.707. The molecular weight excluding hydrogens is 216 g/mol. The van der Waals surface area contributed by atoms with Gasteiger partial charge in [0.15, 0.2) is 5.16 Å². The molecule has 0 saturated heterocycles. The first kappa shape index (κ1) is 12.0. The first-order valence-electron chi connectivity index (χ1n) is 4.61. The number of hydrogen-bond donors (Lipinski definition) is 2. The fourth-order valence-electron chi connectivity index (χ4n) is 1.08. The topological polar surface area (TPSA) is 94.0 Å². The van der Waals surface area contributed by atoms with E-state index in [0.717, 1.165) is 0 Å². The normalized spacial score (nSPS) is 12.7. The van der Waals surface area contributed by atoms with Gasteiger partial charge in [0.25, 0.3) is 0 Å². The largest absolute Gasteiger partial charge is 0.480 e. The lowest BCUT2D eigenvalue weighted by Crippen LogP contribution is -2.14. The number of nitrogens with two attached hydrogens (primary N) is 1. The molecule has 1 unspecified atom stereocenters. The molecule has 15 heavy (non-hydrogen) atoms. The van der Waals surface area contributed by atoms with Crippen LogP contribution in [0.4, 0.5) is 0 Å². The Balaban J connectivity index is 2.85. The summed E-state index contributed by atoms with van der Waals surface area (Å²) in [6, 6.07) is 0. The number of nitrogens with zero attached hydrogens (tertiary/aromatic N) is 3. The molecule has 0 aliphatic carbocycles. The van der Waals surface area contributed by atoms with Crippen molar-refractivity contribution in [2.45, 2.75) is 37.3 Å². The van der Waals surface area contributed by atoms with E-state index in [1.807, 2.05) is 11.5 Å². The van der Waals surface area contributed by atoms with Gasteiger partial charge in [0.05, 0.1) is 6.54 Å². The molecular formula is C8H14N4O2S. The van der Waals surface area contributed by atoms with E-state index in [4.69, 9.17) is 10.8 Å². The van der Waals surface area contributed by atoms with Gasteiger partial charge in [0.1, 0.15) is 11.1 Å². The van der Waals surface area contributed by atoms with Crippen molar-refractivity contribution in [3.05, 3.63) is 5.82 Å². The molecule has 0 aliphatic heterocycles. The Morgan fingerprint density at radius 1 is 1.67 bits per heavy atom. The molecule has 0 radical (unpaired) electrons. The highest BCUT2D eigenvalue weighted by Gasteiger charge is 2.17. The summed E-state index contributed by atoms with van der Waals surface area (Å²) in [5.74, 6) is -0.183. The summed E-state index contributed by atoms with van der Waals surface area (Å²) in [7, 11) is 0. The number of carboxylic acids is 1. The first-order chi connectivity index (χ1) is 7.10. The summed E-state index contributed by atoms with van der Waals surface area (Å²) in [6.45, 7) is 4.55. The van der Waals surface area contributed by atoms with Crippen LogP contribution < -0.4 is 5.73 Å². The third kappa shape index (κ3) is 2.69. The van der Waals surface area contributed by atoms with Crippen LogP contribution in [0.25, 0.3) is 0 Å². The van der Waals surface area contributed by atoms with E-state index in [0.29, 0.717) is 24.1 Å². The van der Waals surface area contributed by atoms with Gasteiger partial charge < -0.3 is 15.4 Å². The van der Waals surface area contributed by atoms with Crippen LogP contribution in [0.15, 0.2) is 5.16 Å². The molecule has 3 N–H and O–H groups in total. The maximum absolute atomic E-state index is 10.7. The average Bonchev–Trinajstić information content (AvgIpc) is 2.59. The highest BCUT2D eigenvalue weighted by atomic mass is 32.2. The fraction of sp³-hybridized carbons (Fsp3) is 0.625. The third-order valence-corrected chi connectivity index (χ3v) is 2.99. The van der Waals surface area contributed by atoms with Gasteiger partial charge in [-0.2, -0.15) is 0 Å². The number of thioether (sulfide) groups is 1. The van der Waals surface area contributed by atoms with E-state index < -0.39 is 11.2 Å². The minimum atomic E-state index is -0.861. The summed E-state index contributed by atoms with van der Waals surface area (Å²) in [5, 5.41) is 16.6. The number of aromatic nitrogens is 3. The molecule has 1 rings (SSSR count). The summed E-state index contributed by atoms with van der Waals surface area (Å²) >= 11 is 1.17. The number of carboxylic acid groups (broad SMARTS) is 1. The summed E-state index contributed by atoms with van der Waals surface area (Å²) in [4.78, 5) is 10.7. The standard InChI is InChI=1S/C8H14N4O2S/c1-3-12-6(4-9)10-11-8(12)15-5(2)7(13)14/h5H,3-4,9H2,1-2H3,(H,13,14). The molecule has 0 aliphatic rings. The predicted octanol–water partition coefficient (Wildman–Crippen LogP) is 0.322. The van der Waals surface area contributed by atoms with Crippen molar-refractivity contribution in [1.29, 1.82) is 0 Å². The lowest BCUT2D eigenvalue weighted by atomic mass is 10.5. The monoisotopic (exact) mass is 230 g/mol. The Kier molecular flexibility index (Phi) is 4.10. The van der Waals surface area contributed by atoms with Crippen molar-refractivity contribution in [3.63, 3.8) is 0 Å². The van der Waals surface area contributed by atoms with Gasteiger partial charge >= 0.3 is 5.97 Å². The van der Waals surface area contributed by atoms with Crippen molar-refractivity contribution in [3.8, 4) is 0 Å². The minimum Gasteiger partial charge on any atom is -0.480 e. The summed E-state index contributed by atoms with van der Waals surface area (Å²) < 4.78 is 1.82. The molecule has 0 aromatic carbocycles. The minimum absolute atomic E-state index is 0.308. The van der Waals surface area contributed by atoms with Crippen molar-refractivity contribution in [2.75, 3.05) is 0 Å². The van der Waals surface area contributed by atoms with Crippen LogP contribution in [0, 0.1) is 0 Å². The zero-order valence-electron chi connectivity index (χ0n) is 8.67. The first-order valence-corrected chi connectivity index (χ1v) is 5.49. The number of aliphatic carboxylic acids is 1. The van der Waals surface area contributed by atoms with Crippen molar-refractivity contribution < 1.29 is 9.90 Å². The smallest absolute Gasteiger partial charge is 0.316 e. The van der Waals surface area contributed by atoms with Gasteiger partial charge in [-0.05, 0) is 13.8 Å². The van der Waals surface area contributed by atoms with E-state index in [2.05, 4.69) is 10.2 Å². The second kappa shape index (κ2) is 5.13. The van der Waals surface area contributed by atoms with Crippen LogP contribution in [0.2, 0.25) is 0 Å². The predicted molar refractivity (Wildman–Crippen MR) is 56.5 cm³/mol. The van der Waals surface area contributed by atoms with Gasteiger partial charge in [0, 0.05) is 6.54 Å². The fourth-order valence-corrected chi connectivity index (χ4v) is 1.95.